The molecule has 0 amide bonds. The molecule has 0 radical (unpaired) electrons. The molecule has 0 unspecified atom stereocenters. The van der Waals surface area contributed by atoms with Gasteiger partial charge in [-0.2, -0.15) is 0 Å². The minimum Gasteiger partial charge on any atom is -0.507 e. The average molecular weight is 457 g/mol. The first kappa shape index (κ1) is 25.8. The molecular weight excluding hydrogens is 424 g/mol. The third kappa shape index (κ3) is 5.66. The molecule has 0 fully saturated rings. The fraction of sp³-hybridized carbons (Fsp3) is 0.385. The minimum atomic E-state index is -0.816. The molecule has 33 heavy (non-hydrogen) atoms. The van der Waals surface area contributed by atoms with Crippen molar-refractivity contribution in [3.05, 3.63) is 67.3 Å². The van der Waals surface area contributed by atoms with E-state index in [4.69, 9.17) is 4.42 Å². The quantitative estimate of drug-likeness (QED) is 0.321. The van der Waals surface area contributed by atoms with Crippen LogP contribution in [0.25, 0.3) is 0 Å². The van der Waals surface area contributed by atoms with E-state index in [1.807, 2.05) is 26.8 Å². The lowest BCUT2D eigenvalue weighted by Gasteiger charge is -2.17. The summed E-state index contributed by atoms with van der Waals surface area (Å²) in [4.78, 5) is 24.5. The number of rotatable bonds is 8. The zero-order valence-corrected chi connectivity index (χ0v) is 20.0. The van der Waals surface area contributed by atoms with Crippen molar-refractivity contribution in [3.63, 3.8) is 0 Å². The van der Waals surface area contributed by atoms with Gasteiger partial charge in [-0.1, -0.05) is 23.3 Å². The SMILES string of the molecule is CC(=O)c1c(O)c(C/C=C(/C)CCC=C(C)C)c(O)c(Cc2c(O)c(C)c(C)oc2=O)c1O. The van der Waals surface area contributed by atoms with Crippen LogP contribution in [0.2, 0.25) is 0 Å². The zero-order valence-electron chi connectivity index (χ0n) is 20.0. The number of allylic oxidation sites excluding steroid dienone is 4. The molecule has 0 saturated carbocycles. The summed E-state index contributed by atoms with van der Waals surface area (Å²) in [6.07, 6.45) is 5.31. The Morgan fingerprint density at radius 1 is 0.848 bits per heavy atom. The van der Waals surface area contributed by atoms with E-state index in [0.717, 1.165) is 18.4 Å². The molecule has 0 bridgehead atoms. The highest BCUT2D eigenvalue weighted by Crippen LogP contribution is 2.44. The van der Waals surface area contributed by atoms with Gasteiger partial charge < -0.3 is 24.8 Å². The van der Waals surface area contributed by atoms with Crippen LogP contribution in [0.3, 0.4) is 0 Å². The van der Waals surface area contributed by atoms with Crippen LogP contribution < -0.4 is 5.63 Å². The fourth-order valence-corrected chi connectivity index (χ4v) is 3.58. The van der Waals surface area contributed by atoms with Crippen LogP contribution in [0.4, 0.5) is 0 Å². The number of benzene rings is 1. The Bertz CT molecular complexity index is 1190. The predicted octanol–water partition coefficient (Wildman–Crippen LogP) is 5.11. The van der Waals surface area contributed by atoms with Crippen LogP contribution in [-0.4, -0.2) is 26.2 Å². The molecule has 4 N–H and O–H groups in total. The summed E-state index contributed by atoms with van der Waals surface area (Å²) in [6, 6.07) is 0. The maximum absolute atomic E-state index is 12.4. The number of carbonyl (C=O) groups is 1. The van der Waals surface area contributed by atoms with Crippen molar-refractivity contribution >= 4 is 5.78 Å². The van der Waals surface area contributed by atoms with Crippen LogP contribution in [0.15, 0.2) is 32.5 Å². The lowest BCUT2D eigenvalue weighted by molar-refractivity contribution is 0.101. The molecule has 0 aliphatic carbocycles. The summed E-state index contributed by atoms with van der Waals surface area (Å²) in [5.74, 6) is -2.25. The van der Waals surface area contributed by atoms with Crippen LogP contribution >= 0.6 is 0 Å². The minimum absolute atomic E-state index is 0.0577. The Morgan fingerprint density at radius 3 is 2.03 bits per heavy atom. The van der Waals surface area contributed by atoms with Crippen molar-refractivity contribution in [2.45, 2.75) is 67.2 Å². The Morgan fingerprint density at radius 2 is 1.45 bits per heavy atom. The number of phenols is 3. The summed E-state index contributed by atoms with van der Waals surface area (Å²) in [5, 5.41) is 42.7. The summed E-state index contributed by atoms with van der Waals surface area (Å²) in [5.41, 5.74) is 1.18. The Kier molecular flexibility index (Phi) is 8.14. The van der Waals surface area contributed by atoms with Crippen molar-refractivity contribution in [2.75, 3.05) is 0 Å². The van der Waals surface area contributed by atoms with Gasteiger partial charge in [0.05, 0.1) is 5.56 Å². The maximum atomic E-state index is 12.4. The van der Waals surface area contributed by atoms with Crippen molar-refractivity contribution in [1.29, 1.82) is 0 Å². The van der Waals surface area contributed by atoms with Crippen molar-refractivity contribution in [1.82, 2.24) is 0 Å². The van der Waals surface area contributed by atoms with Crippen LogP contribution in [0.5, 0.6) is 23.0 Å². The second-order valence-corrected chi connectivity index (χ2v) is 8.58. The molecule has 178 valence electrons. The number of phenolic OH excluding ortho intramolecular Hbond substituents is 3. The second kappa shape index (κ2) is 10.4. The maximum Gasteiger partial charge on any atom is 0.343 e. The third-order valence-corrected chi connectivity index (χ3v) is 5.73. The van der Waals surface area contributed by atoms with Gasteiger partial charge in [-0.15, -0.1) is 0 Å². The molecule has 1 aromatic heterocycles. The lowest BCUT2D eigenvalue weighted by Crippen LogP contribution is -2.12. The smallest absolute Gasteiger partial charge is 0.343 e. The number of hydrogen-bond acceptors (Lipinski definition) is 7. The van der Waals surface area contributed by atoms with Gasteiger partial charge in [-0.05, 0) is 60.8 Å². The number of Topliss-reactive ketones (excluding diaryl/α,β-unsaturated/α-hetero) is 1. The summed E-state index contributed by atoms with van der Waals surface area (Å²) >= 11 is 0. The van der Waals surface area contributed by atoms with E-state index in [2.05, 4.69) is 6.08 Å². The number of aryl methyl sites for hydroxylation is 1. The Hall–Kier alpha value is -3.48. The fourth-order valence-electron chi connectivity index (χ4n) is 3.58. The number of ketones is 1. The first-order valence-corrected chi connectivity index (χ1v) is 10.8. The predicted molar refractivity (Wildman–Crippen MR) is 126 cm³/mol. The van der Waals surface area contributed by atoms with E-state index >= 15 is 0 Å². The molecule has 2 rings (SSSR count). The van der Waals surface area contributed by atoms with Crippen LogP contribution in [0.1, 0.15) is 78.9 Å². The number of carbonyl (C=O) groups excluding carboxylic acids is 1. The molecule has 0 atom stereocenters. The van der Waals surface area contributed by atoms with Gasteiger partial charge in [0.15, 0.2) is 5.78 Å². The largest absolute Gasteiger partial charge is 0.507 e. The van der Waals surface area contributed by atoms with E-state index in [0.29, 0.717) is 5.56 Å². The van der Waals surface area contributed by atoms with E-state index in [-0.39, 0.29) is 46.6 Å². The first-order chi connectivity index (χ1) is 15.4. The molecule has 0 aliphatic rings. The van der Waals surface area contributed by atoms with Crippen LogP contribution in [0, 0.1) is 13.8 Å². The molecular formula is C26H32O7. The highest BCUT2D eigenvalue weighted by Gasteiger charge is 2.27. The highest BCUT2D eigenvalue weighted by atomic mass is 16.4. The van der Waals surface area contributed by atoms with Gasteiger partial charge in [0, 0.05) is 23.1 Å². The molecule has 1 aromatic carbocycles. The van der Waals surface area contributed by atoms with E-state index in [9.17, 15) is 30.0 Å². The summed E-state index contributed by atoms with van der Waals surface area (Å²) in [7, 11) is 0. The molecule has 0 saturated heterocycles. The van der Waals surface area contributed by atoms with Crippen molar-refractivity contribution in [2.24, 2.45) is 0 Å². The second-order valence-electron chi connectivity index (χ2n) is 8.58. The molecule has 1 heterocycles. The molecule has 0 spiro atoms. The Balaban J connectivity index is 2.59. The lowest BCUT2D eigenvalue weighted by atomic mass is 9.92. The third-order valence-electron chi connectivity index (χ3n) is 5.73. The topological polar surface area (TPSA) is 128 Å². The van der Waals surface area contributed by atoms with Gasteiger partial charge in [-0.3, -0.25) is 4.79 Å². The van der Waals surface area contributed by atoms with Gasteiger partial charge in [0.2, 0.25) is 0 Å². The normalized spacial score (nSPS) is 11.5. The molecule has 7 nitrogen and oxygen atoms in total. The monoisotopic (exact) mass is 456 g/mol. The summed E-state index contributed by atoms with van der Waals surface area (Å²) < 4.78 is 5.13. The standard InChI is InChI=1S/C26H32O7/c1-13(2)8-7-9-14(3)10-11-18-23(29)19(25(31)21(16(5)27)24(18)30)12-20-22(28)15(4)17(6)33-26(20)32/h8,10,28-31H,7,9,11-12H2,1-6H3/b14-10-. The van der Waals surface area contributed by atoms with E-state index in [1.54, 1.807) is 6.92 Å². The van der Waals surface area contributed by atoms with Crippen molar-refractivity contribution in [3.8, 4) is 23.0 Å². The Labute approximate surface area is 193 Å². The average Bonchev–Trinajstić information content (AvgIpc) is 2.70. The van der Waals surface area contributed by atoms with Gasteiger partial charge in [0.25, 0.3) is 0 Å². The molecule has 0 aliphatic heterocycles. The van der Waals surface area contributed by atoms with Gasteiger partial charge >= 0.3 is 5.63 Å². The highest BCUT2D eigenvalue weighted by molar-refractivity contribution is 6.01. The molecule has 7 heteroatoms. The zero-order chi connectivity index (χ0) is 25.0. The van der Waals surface area contributed by atoms with Crippen molar-refractivity contribution < 1.29 is 29.6 Å². The van der Waals surface area contributed by atoms with Gasteiger partial charge in [0.1, 0.15) is 34.3 Å². The number of hydrogen-bond donors (Lipinski definition) is 4. The van der Waals surface area contributed by atoms with E-state index < -0.39 is 28.7 Å². The van der Waals surface area contributed by atoms with E-state index in [1.165, 1.54) is 19.4 Å². The van der Waals surface area contributed by atoms with Gasteiger partial charge in [-0.25, -0.2) is 4.79 Å². The number of aromatic hydroxyl groups is 4. The summed E-state index contributed by atoms with van der Waals surface area (Å²) in [6.45, 7) is 10.3. The molecule has 2 aromatic rings. The van der Waals surface area contributed by atoms with Crippen LogP contribution in [-0.2, 0) is 12.8 Å². The first-order valence-electron chi connectivity index (χ1n) is 10.8.